The molecule has 8 nitrogen and oxygen atoms in total. The summed E-state index contributed by atoms with van der Waals surface area (Å²) in [7, 11) is 1.84. The van der Waals surface area contributed by atoms with E-state index in [1.807, 2.05) is 25.1 Å². The summed E-state index contributed by atoms with van der Waals surface area (Å²) in [5, 5.41) is 24.9. The van der Waals surface area contributed by atoms with Crippen molar-refractivity contribution in [3.8, 4) is 0 Å². The van der Waals surface area contributed by atoms with E-state index >= 15 is 0 Å². The van der Waals surface area contributed by atoms with Crippen molar-refractivity contribution in [1.82, 2.24) is 9.78 Å². The Kier molecular flexibility index (Phi) is 4.25. The van der Waals surface area contributed by atoms with E-state index in [4.69, 9.17) is 4.74 Å². The Labute approximate surface area is 139 Å². The SMILES string of the molecule is Cn1cc(C2(C)CN(c3cc(CO)ccc3[N+](=O)[O-])CCO2)cn1. The van der Waals surface area contributed by atoms with Crippen LogP contribution in [0.3, 0.4) is 0 Å². The lowest BCUT2D eigenvalue weighted by Gasteiger charge is -2.41. The van der Waals surface area contributed by atoms with Crippen LogP contribution >= 0.6 is 0 Å². The van der Waals surface area contributed by atoms with Crippen molar-refractivity contribution in [3.05, 3.63) is 51.8 Å². The highest BCUT2D eigenvalue weighted by Crippen LogP contribution is 2.36. The second-order valence-corrected chi connectivity index (χ2v) is 6.14. The Balaban J connectivity index is 1.96. The number of aromatic nitrogens is 2. The Hall–Kier alpha value is -2.45. The molecule has 2 heterocycles. The maximum Gasteiger partial charge on any atom is 0.292 e. The number of hydrogen-bond donors (Lipinski definition) is 1. The minimum absolute atomic E-state index is 0.0302. The molecule has 2 aromatic rings. The normalized spacial score (nSPS) is 21.0. The molecule has 128 valence electrons. The van der Waals surface area contributed by atoms with Gasteiger partial charge in [-0.25, -0.2) is 0 Å². The minimum atomic E-state index is -0.602. The second-order valence-electron chi connectivity index (χ2n) is 6.14. The summed E-state index contributed by atoms with van der Waals surface area (Å²) in [5.74, 6) is 0. The predicted octanol–water partition coefficient (Wildman–Crippen LogP) is 1.57. The molecule has 1 aromatic carbocycles. The molecule has 0 aliphatic carbocycles. The number of aliphatic hydroxyl groups excluding tert-OH is 1. The molecule has 0 spiro atoms. The van der Waals surface area contributed by atoms with E-state index < -0.39 is 10.5 Å². The van der Waals surface area contributed by atoms with Crippen LogP contribution in [0.1, 0.15) is 18.1 Å². The fourth-order valence-corrected chi connectivity index (χ4v) is 3.02. The number of nitrogens with zero attached hydrogens (tertiary/aromatic N) is 4. The summed E-state index contributed by atoms with van der Waals surface area (Å²) in [6, 6.07) is 4.69. The molecule has 1 aromatic heterocycles. The molecule has 1 aliphatic rings. The molecule has 0 radical (unpaired) electrons. The number of hydrogen-bond acceptors (Lipinski definition) is 6. The van der Waals surface area contributed by atoms with E-state index in [0.717, 1.165) is 5.56 Å². The lowest BCUT2D eigenvalue weighted by Crippen LogP contribution is -2.48. The third-order valence-corrected chi connectivity index (χ3v) is 4.35. The van der Waals surface area contributed by atoms with Gasteiger partial charge in [-0.3, -0.25) is 14.8 Å². The highest BCUT2D eigenvalue weighted by Gasteiger charge is 2.36. The molecular formula is C16H20N4O4. The molecule has 24 heavy (non-hydrogen) atoms. The van der Waals surface area contributed by atoms with Crippen molar-refractivity contribution in [2.75, 3.05) is 24.6 Å². The van der Waals surface area contributed by atoms with Gasteiger partial charge in [-0.15, -0.1) is 0 Å². The average Bonchev–Trinajstić information content (AvgIpc) is 3.01. The number of benzene rings is 1. The van der Waals surface area contributed by atoms with Crippen LogP contribution in [-0.4, -0.2) is 39.5 Å². The highest BCUT2D eigenvalue weighted by molar-refractivity contribution is 5.65. The molecule has 1 unspecified atom stereocenters. The molecule has 1 fully saturated rings. The topological polar surface area (TPSA) is 93.7 Å². The van der Waals surface area contributed by atoms with Crippen LogP contribution in [-0.2, 0) is 24.0 Å². The van der Waals surface area contributed by atoms with E-state index in [2.05, 4.69) is 5.10 Å². The molecule has 1 aliphatic heterocycles. The van der Waals surface area contributed by atoms with Gasteiger partial charge in [-0.1, -0.05) is 0 Å². The number of nitro groups is 1. The van der Waals surface area contributed by atoms with Gasteiger partial charge in [0.05, 0.1) is 30.9 Å². The number of ether oxygens (including phenoxy) is 1. The first-order chi connectivity index (χ1) is 11.4. The number of rotatable bonds is 4. The summed E-state index contributed by atoms with van der Waals surface area (Å²) in [5.41, 5.74) is 1.50. The van der Waals surface area contributed by atoms with E-state index in [1.165, 1.54) is 6.07 Å². The Morgan fingerprint density at radius 1 is 1.50 bits per heavy atom. The number of nitro benzene ring substituents is 1. The van der Waals surface area contributed by atoms with Gasteiger partial charge < -0.3 is 14.7 Å². The van der Waals surface area contributed by atoms with Crippen LogP contribution in [0.2, 0.25) is 0 Å². The Morgan fingerprint density at radius 3 is 2.92 bits per heavy atom. The van der Waals surface area contributed by atoms with Crippen molar-refractivity contribution in [3.63, 3.8) is 0 Å². The summed E-state index contributed by atoms with van der Waals surface area (Å²) >= 11 is 0. The highest BCUT2D eigenvalue weighted by atomic mass is 16.6. The molecular weight excluding hydrogens is 312 g/mol. The number of morpholine rings is 1. The summed E-state index contributed by atoms with van der Waals surface area (Å²) in [6.07, 6.45) is 3.64. The zero-order chi connectivity index (χ0) is 17.3. The molecule has 8 heteroatoms. The van der Waals surface area contributed by atoms with Gasteiger partial charge >= 0.3 is 0 Å². The van der Waals surface area contributed by atoms with Gasteiger partial charge in [-0.05, 0) is 24.6 Å². The zero-order valence-electron chi connectivity index (χ0n) is 13.7. The fraction of sp³-hybridized carbons (Fsp3) is 0.438. The van der Waals surface area contributed by atoms with Gasteiger partial charge in [0.1, 0.15) is 11.3 Å². The molecule has 1 atom stereocenters. The summed E-state index contributed by atoms with van der Waals surface area (Å²) < 4.78 is 7.67. The largest absolute Gasteiger partial charge is 0.392 e. The van der Waals surface area contributed by atoms with Crippen LogP contribution in [0.5, 0.6) is 0 Å². The summed E-state index contributed by atoms with van der Waals surface area (Å²) in [6.45, 7) is 3.26. The second kappa shape index (κ2) is 6.21. The number of aliphatic hydroxyl groups is 1. The summed E-state index contributed by atoms with van der Waals surface area (Å²) in [4.78, 5) is 12.9. The van der Waals surface area contributed by atoms with Crippen molar-refractivity contribution >= 4 is 11.4 Å². The van der Waals surface area contributed by atoms with E-state index in [-0.39, 0.29) is 12.3 Å². The first-order valence-electron chi connectivity index (χ1n) is 7.69. The Bertz CT molecular complexity index is 760. The smallest absolute Gasteiger partial charge is 0.292 e. The quantitative estimate of drug-likeness (QED) is 0.675. The lowest BCUT2D eigenvalue weighted by molar-refractivity contribution is -0.384. The standard InChI is InChI=1S/C16H20N4O4/c1-16(13-8-17-18(2)9-13)11-19(5-6-24-16)15-7-12(10-21)3-4-14(15)20(22)23/h3-4,7-9,21H,5-6,10-11H2,1-2H3. The predicted molar refractivity (Wildman–Crippen MR) is 87.7 cm³/mol. The molecule has 0 saturated carbocycles. The van der Waals surface area contributed by atoms with E-state index in [0.29, 0.717) is 30.9 Å². The van der Waals surface area contributed by atoms with Crippen molar-refractivity contribution in [1.29, 1.82) is 0 Å². The molecule has 1 N–H and O–H groups in total. The van der Waals surface area contributed by atoms with Crippen molar-refractivity contribution in [2.45, 2.75) is 19.1 Å². The third-order valence-electron chi connectivity index (χ3n) is 4.35. The molecule has 0 amide bonds. The average molecular weight is 332 g/mol. The first-order valence-corrected chi connectivity index (χ1v) is 7.69. The Morgan fingerprint density at radius 2 is 2.29 bits per heavy atom. The number of aryl methyl sites for hydroxylation is 1. The van der Waals surface area contributed by atoms with Crippen LogP contribution in [0.15, 0.2) is 30.6 Å². The van der Waals surface area contributed by atoms with Crippen LogP contribution in [0.4, 0.5) is 11.4 Å². The van der Waals surface area contributed by atoms with Gasteiger partial charge in [0.2, 0.25) is 0 Å². The maximum absolute atomic E-state index is 11.4. The fourth-order valence-electron chi connectivity index (χ4n) is 3.02. The number of anilines is 1. The molecule has 3 rings (SSSR count). The maximum atomic E-state index is 11.4. The van der Waals surface area contributed by atoms with E-state index in [9.17, 15) is 15.2 Å². The lowest BCUT2D eigenvalue weighted by atomic mass is 9.96. The molecule has 1 saturated heterocycles. The van der Waals surface area contributed by atoms with Crippen molar-refractivity contribution < 1.29 is 14.8 Å². The van der Waals surface area contributed by atoms with Crippen LogP contribution in [0.25, 0.3) is 0 Å². The monoisotopic (exact) mass is 332 g/mol. The van der Waals surface area contributed by atoms with Gasteiger partial charge in [0, 0.05) is 31.4 Å². The molecule has 0 bridgehead atoms. The first kappa shape index (κ1) is 16.4. The van der Waals surface area contributed by atoms with Gasteiger partial charge in [0.25, 0.3) is 5.69 Å². The van der Waals surface area contributed by atoms with Crippen LogP contribution in [0, 0.1) is 10.1 Å². The van der Waals surface area contributed by atoms with Gasteiger partial charge in [0.15, 0.2) is 0 Å². The van der Waals surface area contributed by atoms with E-state index in [1.54, 1.807) is 23.0 Å². The van der Waals surface area contributed by atoms with Gasteiger partial charge in [-0.2, -0.15) is 5.10 Å². The minimum Gasteiger partial charge on any atom is -0.392 e. The van der Waals surface area contributed by atoms with Crippen molar-refractivity contribution in [2.24, 2.45) is 7.05 Å². The van der Waals surface area contributed by atoms with Crippen LogP contribution < -0.4 is 4.90 Å². The third kappa shape index (κ3) is 2.98. The zero-order valence-corrected chi connectivity index (χ0v) is 13.7.